The molecule has 0 saturated heterocycles. The van der Waals surface area contributed by atoms with E-state index in [1.54, 1.807) is 0 Å². The van der Waals surface area contributed by atoms with Crippen molar-refractivity contribution < 1.29 is 59.9 Å². The van der Waals surface area contributed by atoms with Crippen molar-refractivity contribution in [2.24, 2.45) is 0 Å². The molecule has 1 aromatic carbocycles. The molecule has 0 radical (unpaired) electrons. The number of rotatable bonds is 3. The van der Waals surface area contributed by atoms with Crippen LogP contribution in [0.15, 0.2) is 6.07 Å². The predicted octanol–water partition coefficient (Wildman–Crippen LogP) is -0.341. The molecule has 0 aliphatic carbocycles. The fourth-order valence-electron chi connectivity index (χ4n) is 1.22. The van der Waals surface area contributed by atoms with Gasteiger partial charge in [-0.25, -0.2) is 4.79 Å². The first-order chi connectivity index (χ1) is 8.73. The molecule has 1 N–H and O–H groups in total. The van der Waals surface area contributed by atoms with E-state index in [0.29, 0.717) is 0 Å². The molecule has 104 valence electrons. The fraction of sp³-hybridized carbons (Fsp3) is 0.182. The number of carboxylic acids is 1. The molecule has 0 atom stereocenters. The zero-order valence-electron chi connectivity index (χ0n) is 11.8. The summed E-state index contributed by atoms with van der Waals surface area (Å²) in [7, 11) is 0. The van der Waals surface area contributed by atoms with E-state index in [2.05, 4.69) is 0 Å². The van der Waals surface area contributed by atoms with Gasteiger partial charge in [0.1, 0.15) is 5.02 Å². The van der Waals surface area contributed by atoms with Crippen molar-refractivity contribution in [1.82, 2.24) is 0 Å². The van der Waals surface area contributed by atoms with Gasteiger partial charge in [0.2, 0.25) is 0 Å². The second kappa shape index (κ2) is 7.85. The molecular weight excluding hydrogens is 322 g/mol. The van der Waals surface area contributed by atoms with Crippen LogP contribution in [0, 0.1) is 0 Å². The molecule has 0 unspecified atom stereocenters. The molecule has 0 aliphatic rings. The molecule has 9 heteroatoms. The Morgan fingerprint density at radius 1 is 1.10 bits per heavy atom. The van der Waals surface area contributed by atoms with Crippen LogP contribution in [0.3, 0.4) is 0 Å². The summed E-state index contributed by atoms with van der Waals surface area (Å²) < 4.78 is 9.52. The maximum atomic E-state index is 11.0. The molecule has 20 heavy (non-hydrogen) atoms. The van der Waals surface area contributed by atoms with Crippen LogP contribution in [-0.2, 0) is 9.59 Å². The van der Waals surface area contributed by atoms with Gasteiger partial charge < -0.3 is 16.0 Å². The summed E-state index contributed by atoms with van der Waals surface area (Å²) in [6, 6.07) is 0.998. The number of carboxylic acid groups (broad SMARTS) is 1. The van der Waals surface area contributed by atoms with Crippen molar-refractivity contribution in [1.29, 1.82) is 0 Å². The number of esters is 2. The molecule has 0 fully saturated rings. The van der Waals surface area contributed by atoms with Crippen LogP contribution in [0.25, 0.3) is 0 Å². The second-order valence-corrected chi connectivity index (χ2v) is 4.16. The molecule has 0 aliphatic heterocycles. The Hall–Kier alpha value is -0.790. The van der Waals surface area contributed by atoms with Crippen molar-refractivity contribution in [2.75, 3.05) is 0 Å². The molecule has 0 spiro atoms. The SMILES string of the molecule is CC(=O)Oc1c(Cl)cc(C(=O)O)c(Cl)c1OC(C)=O.[H-].[Na+]. The Labute approximate surface area is 147 Å². The minimum atomic E-state index is -1.37. The van der Waals surface area contributed by atoms with Crippen LogP contribution in [0.5, 0.6) is 11.5 Å². The average molecular weight is 331 g/mol. The van der Waals surface area contributed by atoms with E-state index in [4.69, 9.17) is 37.8 Å². The number of hydrogen-bond donors (Lipinski definition) is 1. The maximum absolute atomic E-state index is 11.0. The van der Waals surface area contributed by atoms with Crippen LogP contribution in [0.4, 0.5) is 0 Å². The number of carbonyl (C=O) groups excluding carboxylic acids is 2. The van der Waals surface area contributed by atoms with Gasteiger partial charge in [-0.15, -0.1) is 0 Å². The van der Waals surface area contributed by atoms with Gasteiger partial charge in [-0.2, -0.15) is 0 Å². The summed E-state index contributed by atoms with van der Waals surface area (Å²) >= 11 is 11.6. The van der Waals surface area contributed by atoms with E-state index >= 15 is 0 Å². The predicted molar refractivity (Wildman–Crippen MR) is 67.2 cm³/mol. The molecule has 0 heterocycles. The summed E-state index contributed by atoms with van der Waals surface area (Å²) in [6.45, 7) is 2.18. The molecule has 1 rings (SSSR count). The average Bonchev–Trinajstić information content (AvgIpc) is 2.26. The molecule has 1 aromatic rings. The quantitative estimate of drug-likeness (QED) is 0.463. The first kappa shape index (κ1) is 19.2. The summed E-state index contributed by atoms with van der Waals surface area (Å²) in [6.07, 6.45) is 0. The summed E-state index contributed by atoms with van der Waals surface area (Å²) in [5.41, 5.74) is -0.376. The zero-order chi connectivity index (χ0) is 14.7. The number of benzene rings is 1. The number of aromatic carboxylic acids is 1. The zero-order valence-corrected chi connectivity index (χ0v) is 14.3. The van der Waals surface area contributed by atoms with Crippen LogP contribution < -0.4 is 39.0 Å². The normalized spacial score (nSPS) is 9.40. The van der Waals surface area contributed by atoms with Gasteiger partial charge in [-0.3, -0.25) is 9.59 Å². The van der Waals surface area contributed by atoms with Gasteiger partial charge in [-0.1, -0.05) is 23.2 Å². The van der Waals surface area contributed by atoms with Crippen molar-refractivity contribution >= 4 is 41.1 Å². The van der Waals surface area contributed by atoms with Gasteiger partial charge in [0.15, 0.2) is 11.5 Å². The van der Waals surface area contributed by atoms with E-state index in [1.165, 1.54) is 0 Å². The van der Waals surface area contributed by atoms with Gasteiger partial charge >= 0.3 is 47.5 Å². The molecule has 0 bridgehead atoms. The minimum absolute atomic E-state index is 0. The third-order valence-electron chi connectivity index (χ3n) is 1.85. The number of carbonyl (C=O) groups is 3. The van der Waals surface area contributed by atoms with Crippen LogP contribution in [0.2, 0.25) is 10.0 Å². The van der Waals surface area contributed by atoms with Crippen molar-refractivity contribution in [2.45, 2.75) is 13.8 Å². The van der Waals surface area contributed by atoms with Crippen LogP contribution in [0.1, 0.15) is 25.6 Å². The first-order valence-electron chi connectivity index (χ1n) is 4.86. The van der Waals surface area contributed by atoms with E-state index in [-0.39, 0.29) is 52.3 Å². The van der Waals surface area contributed by atoms with E-state index in [9.17, 15) is 14.4 Å². The van der Waals surface area contributed by atoms with Gasteiger partial charge in [-0.05, 0) is 6.07 Å². The minimum Gasteiger partial charge on any atom is -1.00 e. The van der Waals surface area contributed by atoms with Crippen LogP contribution >= 0.6 is 23.2 Å². The van der Waals surface area contributed by atoms with Crippen molar-refractivity contribution in [3.63, 3.8) is 0 Å². The van der Waals surface area contributed by atoms with Crippen LogP contribution in [-0.4, -0.2) is 23.0 Å². The topological polar surface area (TPSA) is 89.9 Å². The maximum Gasteiger partial charge on any atom is 1.00 e. The van der Waals surface area contributed by atoms with Gasteiger partial charge in [0.05, 0.1) is 10.6 Å². The first-order valence-corrected chi connectivity index (χ1v) is 5.61. The Morgan fingerprint density at radius 3 is 1.95 bits per heavy atom. The molecular formula is C11H9Cl2NaO6. The Bertz CT molecular complexity index is 578. The van der Waals surface area contributed by atoms with E-state index in [0.717, 1.165) is 19.9 Å². The Morgan fingerprint density at radius 2 is 1.55 bits per heavy atom. The van der Waals surface area contributed by atoms with Crippen molar-refractivity contribution in [3.8, 4) is 11.5 Å². The number of hydrogen-bond acceptors (Lipinski definition) is 5. The monoisotopic (exact) mass is 330 g/mol. The van der Waals surface area contributed by atoms with Crippen molar-refractivity contribution in [3.05, 3.63) is 21.7 Å². The smallest absolute Gasteiger partial charge is 1.00 e. The van der Waals surface area contributed by atoms with E-state index in [1.807, 2.05) is 0 Å². The largest absolute Gasteiger partial charge is 1.00 e. The third-order valence-corrected chi connectivity index (χ3v) is 2.51. The Balaban J connectivity index is 0. The van der Waals surface area contributed by atoms with Gasteiger partial charge in [0, 0.05) is 13.8 Å². The third kappa shape index (κ3) is 4.64. The fourth-order valence-corrected chi connectivity index (χ4v) is 1.71. The summed E-state index contributed by atoms with van der Waals surface area (Å²) in [4.78, 5) is 32.9. The molecule has 0 aromatic heterocycles. The summed E-state index contributed by atoms with van der Waals surface area (Å²) in [5.74, 6) is -3.58. The van der Waals surface area contributed by atoms with Gasteiger partial charge in [0.25, 0.3) is 0 Å². The standard InChI is InChI=1S/C11H8Cl2O6.Na.H/c1-4(14)18-9-7(12)3-6(11(16)17)8(13)10(9)19-5(2)15;;/h3H,1-2H3,(H,16,17);;/q;+1;-1. The molecule has 0 amide bonds. The molecule has 6 nitrogen and oxygen atoms in total. The van der Waals surface area contributed by atoms with E-state index < -0.39 is 23.7 Å². The number of ether oxygens (including phenoxy) is 2. The number of halogens is 2. The molecule has 0 saturated carbocycles. The second-order valence-electron chi connectivity index (χ2n) is 3.37. The Kier molecular flexibility index (Phi) is 7.54. The summed E-state index contributed by atoms with van der Waals surface area (Å²) in [5, 5.41) is 8.33.